The number of pyridine rings is 1. The zero-order valence-electron chi connectivity index (χ0n) is 14.7. The van der Waals surface area contributed by atoms with E-state index in [1.165, 1.54) is 13.1 Å². The highest BCUT2D eigenvalue weighted by molar-refractivity contribution is 7.91. The molecule has 1 aliphatic rings. The Labute approximate surface area is 157 Å². The minimum atomic E-state index is -2.96. The van der Waals surface area contributed by atoms with E-state index in [1.807, 2.05) is 0 Å². The van der Waals surface area contributed by atoms with Gasteiger partial charge in [0, 0.05) is 24.3 Å². The lowest BCUT2D eigenvalue weighted by Gasteiger charge is -2.12. The molecule has 0 aliphatic carbocycles. The summed E-state index contributed by atoms with van der Waals surface area (Å²) in [6.45, 7) is 1.41. The lowest BCUT2D eigenvalue weighted by Crippen LogP contribution is -2.21. The highest BCUT2D eigenvalue weighted by Crippen LogP contribution is 2.18. The molecule has 2 amide bonds. The smallest absolute Gasteiger partial charge is 0.274 e. The Morgan fingerprint density at radius 3 is 2.41 bits per heavy atom. The quantitative estimate of drug-likeness (QED) is 0.720. The van der Waals surface area contributed by atoms with Crippen LogP contribution in [-0.2, 0) is 14.6 Å². The van der Waals surface area contributed by atoms with E-state index in [1.54, 1.807) is 36.4 Å². The summed E-state index contributed by atoms with van der Waals surface area (Å²) in [5.74, 6) is -0.279. The van der Waals surface area contributed by atoms with Gasteiger partial charge >= 0.3 is 0 Å². The molecule has 27 heavy (non-hydrogen) atoms. The summed E-state index contributed by atoms with van der Waals surface area (Å²) < 4.78 is 23.0. The Bertz CT molecular complexity index is 958. The number of sulfone groups is 1. The number of carbonyl (C=O) groups excluding carboxylic acids is 2. The molecule has 2 heterocycles. The first-order valence-corrected chi connectivity index (χ1v) is 10.2. The van der Waals surface area contributed by atoms with Crippen LogP contribution in [0.1, 0.15) is 23.8 Å². The van der Waals surface area contributed by atoms with Crippen LogP contribution >= 0.6 is 0 Å². The van der Waals surface area contributed by atoms with Crippen molar-refractivity contribution in [2.24, 2.45) is 0 Å². The maximum atomic E-state index is 12.3. The second kappa shape index (κ2) is 7.75. The van der Waals surface area contributed by atoms with Gasteiger partial charge in [-0.05, 0) is 36.8 Å². The summed E-state index contributed by atoms with van der Waals surface area (Å²) in [5.41, 5.74) is 2.01. The average molecular weight is 388 g/mol. The maximum absolute atomic E-state index is 12.3. The van der Waals surface area contributed by atoms with E-state index >= 15 is 0 Å². The largest absolute Gasteiger partial charge is 0.380 e. The van der Waals surface area contributed by atoms with Gasteiger partial charge in [0.15, 0.2) is 9.84 Å². The number of hydrogen-bond acceptors (Lipinski definition) is 6. The van der Waals surface area contributed by atoms with E-state index in [-0.39, 0.29) is 35.1 Å². The van der Waals surface area contributed by atoms with E-state index in [0.717, 1.165) is 0 Å². The van der Waals surface area contributed by atoms with Crippen LogP contribution in [-0.4, -0.2) is 42.8 Å². The van der Waals surface area contributed by atoms with Crippen molar-refractivity contribution in [3.05, 3.63) is 48.3 Å². The van der Waals surface area contributed by atoms with E-state index in [9.17, 15) is 18.0 Å². The van der Waals surface area contributed by atoms with Crippen LogP contribution in [0.4, 0.5) is 17.1 Å². The zero-order valence-corrected chi connectivity index (χ0v) is 15.5. The normalized spacial score (nSPS) is 17.9. The summed E-state index contributed by atoms with van der Waals surface area (Å²) in [6, 6.07) is 9.93. The summed E-state index contributed by atoms with van der Waals surface area (Å²) in [6.07, 6.45) is 2.07. The number of hydrogen-bond donors (Lipinski definition) is 3. The number of amides is 2. The van der Waals surface area contributed by atoms with Crippen molar-refractivity contribution in [1.29, 1.82) is 0 Å². The number of aromatic nitrogens is 1. The number of benzene rings is 1. The molecule has 0 saturated carbocycles. The third-order valence-electron chi connectivity index (χ3n) is 4.04. The van der Waals surface area contributed by atoms with Crippen molar-refractivity contribution in [3.63, 3.8) is 0 Å². The van der Waals surface area contributed by atoms with Crippen molar-refractivity contribution in [2.45, 2.75) is 19.4 Å². The van der Waals surface area contributed by atoms with Crippen molar-refractivity contribution >= 4 is 38.7 Å². The highest BCUT2D eigenvalue weighted by atomic mass is 32.2. The van der Waals surface area contributed by atoms with Gasteiger partial charge in [-0.25, -0.2) is 13.4 Å². The Kier molecular flexibility index (Phi) is 5.41. The second-order valence-electron chi connectivity index (χ2n) is 6.39. The van der Waals surface area contributed by atoms with Crippen molar-refractivity contribution in [1.82, 2.24) is 4.98 Å². The molecule has 1 aromatic carbocycles. The van der Waals surface area contributed by atoms with E-state index < -0.39 is 9.84 Å². The van der Waals surface area contributed by atoms with Crippen LogP contribution in [0.2, 0.25) is 0 Å². The predicted octanol–water partition coefficient (Wildman–Crippen LogP) is 1.89. The lowest BCUT2D eigenvalue weighted by atomic mass is 10.2. The molecule has 8 nitrogen and oxygen atoms in total. The van der Waals surface area contributed by atoms with Gasteiger partial charge in [0.2, 0.25) is 5.91 Å². The number of anilines is 3. The average Bonchev–Trinajstić information content (AvgIpc) is 2.93. The monoisotopic (exact) mass is 388 g/mol. The zero-order chi connectivity index (χ0) is 19.4. The van der Waals surface area contributed by atoms with E-state index in [2.05, 4.69) is 20.9 Å². The molecule has 0 radical (unpaired) electrons. The van der Waals surface area contributed by atoms with Crippen LogP contribution < -0.4 is 16.0 Å². The molecule has 3 N–H and O–H groups in total. The molecule has 2 aromatic rings. The Morgan fingerprint density at radius 2 is 1.81 bits per heavy atom. The van der Waals surface area contributed by atoms with Crippen LogP contribution in [0.3, 0.4) is 0 Å². The third kappa shape index (κ3) is 5.27. The molecule has 9 heteroatoms. The van der Waals surface area contributed by atoms with Crippen molar-refractivity contribution in [2.75, 3.05) is 27.5 Å². The molecule has 0 bridgehead atoms. The SMILES string of the molecule is CC(=O)Nc1cccc(NC(=O)c2ccc(NC3CCS(=O)(=O)C3)cn2)c1. The molecule has 1 saturated heterocycles. The standard InChI is InChI=1S/C18H20N4O4S/c1-12(23)20-13-3-2-4-14(9-13)22-18(24)17-6-5-15(10-19-17)21-16-7-8-27(25,26)11-16/h2-6,9-10,16,21H,7-8,11H2,1H3,(H,20,23)(H,22,24). The molecular formula is C18H20N4O4S. The molecule has 0 spiro atoms. The maximum Gasteiger partial charge on any atom is 0.274 e. The van der Waals surface area contributed by atoms with Gasteiger partial charge in [-0.1, -0.05) is 6.07 Å². The minimum absolute atomic E-state index is 0.111. The molecule has 1 aromatic heterocycles. The Hall–Kier alpha value is -2.94. The molecular weight excluding hydrogens is 368 g/mol. The van der Waals surface area contributed by atoms with E-state index in [0.29, 0.717) is 23.5 Å². The minimum Gasteiger partial charge on any atom is -0.380 e. The van der Waals surface area contributed by atoms with Crippen LogP contribution in [0.25, 0.3) is 0 Å². The molecule has 1 atom stereocenters. The van der Waals surface area contributed by atoms with E-state index in [4.69, 9.17) is 0 Å². The Morgan fingerprint density at radius 1 is 1.07 bits per heavy atom. The van der Waals surface area contributed by atoms with Crippen LogP contribution in [0, 0.1) is 0 Å². The number of rotatable bonds is 5. The number of carbonyl (C=O) groups is 2. The fourth-order valence-corrected chi connectivity index (χ4v) is 4.50. The van der Waals surface area contributed by atoms with Gasteiger partial charge in [0.1, 0.15) is 5.69 Å². The van der Waals surface area contributed by atoms with Crippen molar-refractivity contribution < 1.29 is 18.0 Å². The van der Waals surface area contributed by atoms with Gasteiger partial charge in [-0.3, -0.25) is 9.59 Å². The van der Waals surface area contributed by atoms with Crippen molar-refractivity contribution in [3.8, 4) is 0 Å². The van der Waals surface area contributed by atoms with Gasteiger partial charge in [-0.15, -0.1) is 0 Å². The lowest BCUT2D eigenvalue weighted by molar-refractivity contribution is -0.114. The number of nitrogens with one attached hydrogen (secondary N) is 3. The van der Waals surface area contributed by atoms with Crippen LogP contribution in [0.5, 0.6) is 0 Å². The summed E-state index contributed by atoms with van der Waals surface area (Å²) in [7, 11) is -2.96. The molecule has 1 aliphatic heterocycles. The fraction of sp³-hybridized carbons (Fsp3) is 0.278. The fourth-order valence-electron chi connectivity index (χ4n) is 2.83. The van der Waals surface area contributed by atoms with Gasteiger partial charge in [-0.2, -0.15) is 0 Å². The van der Waals surface area contributed by atoms with Gasteiger partial charge < -0.3 is 16.0 Å². The molecule has 142 valence electrons. The first-order valence-electron chi connectivity index (χ1n) is 8.43. The highest BCUT2D eigenvalue weighted by Gasteiger charge is 2.27. The first kappa shape index (κ1) is 18.8. The predicted molar refractivity (Wildman–Crippen MR) is 104 cm³/mol. The summed E-state index contributed by atoms with van der Waals surface area (Å²) in [4.78, 5) is 27.6. The van der Waals surface area contributed by atoms with Gasteiger partial charge in [0.25, 0.3) is 5.91 Å². The Balaban J connectivity index is 1.61. The molecule has 3 rings (SSSR count). The van der Waals surface area contributed by atoms with Gasteiger partial charge in [0.05, 0.1) is 23.4 Å². The molecule has 1 unspecified atom stereocenters. The topological polar surface area (TPSA) is 117 Å². The van der Waals surface area contributed by atoms with Crippen LogP contribution in [0.15, 0.2) is 42.6 Å². The summed E-state index contributed by atoms with van der Waals surface area (Å²) in [5, 5.41) is 8.50. The first-order chi connectivity index (χ1) is 12.8. The second-order valence-corrected chi connectivity index (χ2v) is 8.62. The number of nitrogens with zero attached hydrogens (tertiary/aromatic N) is 1. The third-order valence-corrected chi connectivity index (χ3v) is 5.81. The summed E-state index contributed by atoms with van der Waals surface area (Å²) >= 11 is 0. The molecule has 1 fully saturated rings.